The van der Waals surface area contributed by atoms with E-state index in [-0.39, 0.29) is 6.04 Å². The van der Waals surface area contributed by atoms with Crippen molar-refractivity contribution in [1.29, 1.82) is 0 Å². The number of aliphatic hydroxyl groups is 1. The van der Waals surface area contributed by atoms with Gasteiger partial charge in [-0.3, -0.25) is 0 Å². The number of fused-ring (bicyclic) bond motifs is 1. The molecule has 4 nitrogen and oxygen atoms in total. The zero-order valence-electron chi connectivity index (χ0n) is 9.19. The molecule has 2 aliphatic heterocycles. The second-order valence-corrected chi connectivity index (χ2v) is 3.92. The van der Waals surface area contributed by atoms with Gasteiger partial charge in [0.2, 0.25) is 0 Å². The van der Waals surface area contributed by atoms with Crippen LogP contribution in [0.3, 0.4) is 0 Å². The normalized spacial score (nSPS) is 24.2. The Morgan fingerprint density at radius 1 is 1.53 bits per heavy atom. The monoisotopic (exact) mass is 208 g/mol. The molecule has 0 aromatic heterocycles. The predicted octanol–water partition coefficient (Wildman–Crippen LogP) is 0.888. The molecule has 4 heteroatoms. The maximum Gasteiger partial charge on any atom is 0.198 e. The fraction of sp³-hybridized carbons (Fsp3) is 0.455. The van der Waals surface area contributed by atoms with Crippen LogP contribution in [-0.2, 0) is 4.74 Å². The molecule has 0 fully saturated rings. The number of hydrogen-bond acceptors (Lipinski definition) is 4. The van der Waals surface area contributed by atoms with Crippen LogP contribution in [-0.4, -0.2) is 29.4 Å². The van der Waals surface area contributed by atoms with E-state index in [0.29, 0.717) is 5.88 Å². The summed E-state index contributed by atoms with van der Waals surface area (Å²) in [6.45, 7) is 4.09. The Labute approximate surface area is 89.5 Å². The molecule has 0 bridgehead atoms. The van der Waals surface area contributed by atoms with Crippen LogP contribution in [0.25, 0.3) is 0 Å². The number of methoxy groups -OCH3 is 1. The first-order valence-corrected chi connectivity index (χ1v) is 5.04. The molecule has 2 rings (SSSR count). The van der Waals surface area contributed by atoms with E-state index in [4.69, 9.17) is 4.74 Å². The summed E-state index contributed by atoms with van der Waals surface area (Å²) in [7, 11) is 1.59. The third-order valence-electron chi connectivity index (χ3n) is 2.66. The highest BCUT2D eigenvalue weighted by Gasteiger charge is 2.33. The van der Waals surface area contributed by atoms with Crippen LogP contribution < -0.4 is 5.32 Å². The molecule has 0 saturated heterocycles. The first-order valence-electron chi connectivity index (χ1n) is 5.04. The summed E-state index contributed by atoms with van der Waals surface area (Å²) in [6.07, 6.45) is 5.09. The highest BCUT2D eigenvalue weighted by molar-refractivity contribution is 5.49. The number of nitrogens with zero attached hydrogens (tertiary/aromatic N) is 1. The first kappa shape index (κ1) is 10.1. The van der Waals surface area contributed by atoms with Crippen molar-refractivity contribution in [2.24, 2.45) is 0 Å². The van der Waals surface area contributed by atoms with Crippen LogP contribution in [0, 0.1) is 0 Å². The van der Waals surface area contributed by atoms with Crippen molar-refractivity contribution in [3.8, 4) is 0 Å². The molecule has 15 heavy (non-hydrogen) atoms. The third-order valence-corrected chi connectivity index (χ3v) is 2.66. The van der Waals surface area contributed by atoms with E-state index in [1.54, 1.807) is 7.11 Å². The number of ether oxygens (including phenoxy) is 1. The number of hydrogen-bond donors (Lipinski definition) is 2. The highest BCUT2D eigenvalue weighted by Crippen LogP contribution is 2.32. The third kappa shape index (κ3) is 1.51. The second kappa shape index (κ2) is 3.62. The van der Waals surface area contributed by atoms with Gasteiger partial charge in [0.05, 0.1) is 12.7 Å². The van der Waals surface area contributed by atoms with Gasteiger partial charge < -0.3 is 20.1 Å². The molecule has 1 atom stereocenters. The van der Waals surface area contributed by atoms with E-state index < -0.39 is 6.23 Å². The molecule has 0 aliphatic carbocycles. The number of aliphatic hydroxyl groups excluding tert-OH is 1. The SMILES string of the molecule is COC1=C2C(=CN(C(C)C)C2O)C=CN1. The number of allylic oxidation sites excluding steroid dienone is 1. The summed E-state index contributed by atoms with van der Waals surface area (Å²) >= 11 is 0. The summed E-state index contributed by atoms with van der Waals surface area (Å²) in [5.41, 5.74) is 1.82. The zero-order chi connectivity index (χ0) is 11.0. The van der Waals surface area contributed by atoms with Gasteiger partial charge in [0.25, 0.3) is 0 Å². The van der Waals surface area contributed by atoms with Gasteiger partial charge in [0.1, 0.15) is 0 Å². The van der Waals surface area contributed by atoms with Gasteiger partial charge in [-0.15, -0.1) is 0 Å². The van der Waals surface area contributed by atoms with Crippen LogP contribution in [0.5, 0.6) is 0 Å². The van der Waals surface area contributed by atoms with Crippen LogP contribution in [0.4, 0.5) is 0 Å². The number of dihydropyridines is 1. The van der Waals surface area contributed by atoms with Gasteiger partial charge >= 0.3 is 0 Å². The quantitative estimate of drug-likeness (QED) is 0.707. The molecule has 0 aromatic rings. The molecular formula is C11H16N2O2. The van der Waals surface area contributed by atoms with Crippen LogP contribution in [0.15, 0.2) is 35.5 Å². The van der Waals surface area contributed by atoms with Crippen LogP contribution in [0.1, 0.15) is 13.8 Å². The number of nitrogens with one attached hydrogen (secondary N) is 1. The Morgan fingerprint density at radius 3 is 2.87 bits per heavy atom. The Kier molecular flexibility index (Phi) is 2.44. The van der Waals surface area contributed by atoms with Gasteiger partial charge in [-0.05, 0) is 19.9 Å². The topological polar surface area (TPSA) is 44.7 Å². The van der Waals surface area contributed by atoms with Gasteiger partial charge in [-0.1, -0.05) is 0 Å². The summed E-state index contributed by atoms with van der Waals surface area (Å²) in [4.78, 5) is 1.90. The van der Waals surface area contributed by atoms with Crippen molar-refractivity contribution >= 4 is 0 Å². The van der Waals surface area contributed by atoms with Crippen molar-refractivity contribution in [2.75, 3.05) is 7.11 Å². The van der Waals surface area contributed by atoms with E-state index in [1.165, 1.54) is 0 Å². The van der Waals surface area contributed by atoms with E-state index in [2.05, 4.69) is 5.32 Å². The Hall–Kier alpha value is -1.42. The Bertz CT molecular complexity index is 356. The van der Waals surface area contributed by atoms with Gasteiger partial charge in [0.15, 0.2) is 12.1 Å². The lowest BCUT2D eigenvalue weighted by Crippen LogP contribution is -2.35. The zero-order valence-corrected chi connectivity index (χ0v) is 9.19. The Morgan fingerprint density at radius 2 is 2.27 bits per heavy atom. The summed E-state index contributed by atoms with van der Waals surface area (Å²) < 4.78 is 5.19. The van der Waals surface area contributed by atoms with Crippen LogP contribution in [0.2, 0.25) is 0 Å². The lowest BCUT2D eigenvalue weighted by Gasteiger charge is -2.26. The fourth-order valence-corrected chi connectivity index (χ4v) is 1.87. The van der Waals surface area contributed by atoms with Crippen molar-refractivity contribution < 1.29 is 9.84 Å². The largest absolute Gasteiger partial charge is 0.482 e. The maximum absolute atomic E-state index is 10.1. The molecule has 0 spiro atoms. The highest BCUT2D eigenvalue weighted by atomic mass is 16.5. The van der Waals surface area contributed by atoms with E-state index in [9.17, 15) is 5.11 Å². The molecule has 82 valence electrons. The van der Waals surface area contributed by atoms with Crippen molar-refractivity contribution in [3.63, 3.8) is 0 Å². The standard InChI is InChI=1S/C11H16N2O2/c1-7(2)13-6-8-4-5-12-10(15-3)9(8)11(13)14/h4-7,11-12,14H,1-3H3. The molecule has 2 heterocycles. The molecule has 0 radical (unpaired) electrons. The van der Waals surface area contributed by atoms with Crippen molar-refractivity contribution in [2.45, 2.75) is 26.1 Å². The minimum atomic E-state index is -0.618. The lowest BCUT2D eigenvalue weighted by atomic mass is 10.1. The number of rotatable bonds is 2. The lowest BCUT2D eigenvalue weighted by molar-refractivity contribution is 0.0567. The minimum Gasteiger partial charge on any atom is -0.482 e. The minimum absolute atomic E-state index is 0.261. The molecule has 2 aliphatic rings. The smallest absolute Gasteiger partial charge is 0.198 e. The molecule has 0 amide bonds. The molecule has 2 N–H and O–H groups in total. The molecule has 0 aromatic carbocycles. The molecule has 1 unspecified atom stereocenters. The van der Waals surface area contributed by atoms with E-state index in [0.717, 1.165) is 11.1 Å². The van der Waals surface area contributed by atoms with Crippen LogP contribution >= 0.6 is 0 Å². The van der Waals surface area contributed by atoms with E-state index >= 15 is 0 Å². The Balaban J connectivity index is 2.38. The second-order valence-electron chi connectivity index (χ2n) is 3.92. The van der Waals surface area contributed by atoms with Gasteiger partial charge in [-0.25, -0.2) is 0 Å². The van der Waals surface area contributed by atoms with E-state index in [1.807, 2.05) is 37.2 Å². The van der Waals surface area contributed by atoms with Crippen molar-refractivity contribution in [3.05, 3.63) is 35.5 Å². The molecule has 0 saturated carbocycles. The summed E-state index contributed by atoms with van der Waals surface area (Å²) in [5.74, 6) is 0.624. The first-order chi connectivity index (χ1) is 7.15. The summed E-state index contributed by atoms with van der Waals surface area (Å²) in [6, 6.07) is 0.261. The predicted molar refractivity (Wildman–Crippen MR) is 57.4 cm³/mol. The molecular weight excluding hydrogens is 192 g/mol. The fourth-order valence-electron chi connectivity index (χ4n) is 1.87. The maximum atomic E-state index is 10.1. The van der Waals surface area contributed by atoms with Gasteiger partial charge in [0, 0.05) is 24.0 Å². The average molecular weight is 208 g/mol. The van der Waals surface area contributed by atoms with Gasteiger partial charge in [-0.2, -0.15) is 0 Å². The average Bonchev–Trinajstić information content (AvgIpc) is 2.56. The summed E-state index contributed by atoms with van der Waals surface area (Å²) in [5, 5.41) is 13.1. The van der Waals surface area contributed by atoms with Crippen molar-refractivity contribution in [1.82, 2.24) is 10.2 Å².